The largest absolute Gasteiger partial charge is 0.195 e. The van der Waals surface area contributed by atoms with Crippen LogP contribution in [0.1, 0.15) is 17.4 Å². The summed E-state index contributed by atoms with van der Waals surface area (Å²) in [5.74, 6) is 0. The van der Waals surface area contributed by atoms with Crippen LogP contribution >= 0.6 is 11.3 Å². The Hall–Kier alpha value is -0.630. The zero-order chi connectivity index (χ0) is 7.72. The predicted octanol–water partition coefficient (Wildman–Crippen LogP) is 3.23. The molecule has 0 amide bonds. The molecule has 0 aromatic carbocycles. The summed E-state index contributed by atoms with van der Waals surface area (Å²) >= 11 is 1.16. The van der Waals surface area contributed by atoms with Gasteiger partial charge in [0.25, 0.3) is 0 Å². The molecule has 0 fully saturated rings. The SMILES string of the molecule is C=C(C)c1cc(C)c(F)s1. The lowest BCUT2D eigenvalue weighted by molar-refractivity contribution is 0.649. The first kappa shape index (κ1) is 7.48. The van der Waals surface area contributed by atoms with Crippen LogP contribution in [-0.2, 0) is 0 Å². The molecular formula is C8H9FS. The van der Waals surface area contributed by atoms with Crippen molar-refractivity contribution in [2.45, 2.75) is 13.8 Å². The Kier molecular flexibility index (Phi) is 1.90. The normalized spacial score (nSPS) is 9.90. The molecule has 1 rings (SSSR count). The molecule has 0 saturated carbocycles. The maximum absolute atomic E-state index is 12.7. The lowest BCUT2D eigenvalue weighted by Crippen LogP contribution is -1.65. The van der Waals surface area contributed by atoms with Crippen LogP contribution in [0, 0.1) is 12.1 Å². The Morgan fingerprint density at radius 3 is 2.50 bits per heavy atom. The summed E-state index contributed by atoms with van der Waals surface area (Å²) in [7, 11) is 0. The van der Waals surface area contributed by atoms with E-state index in [0.29, 0.717) is 5.56 Å². The van der Waals surface area contributed by atoms with Gasteiger partial charge in [-0.1, -0.05) is 6.58 Å². The molecule has 0 aliphatic rings. The monoisotopic (exact) mass is 156 g/mol. The van der Waals surface area contributed by atoms with Gasteiger partial charge in [0.05, 0.1) is 0 Å². The molecule has 0 radical (unpaired) electrons. The van der Waals surface area contributed by atoms with Crippen molar-refractivity contribution >= 4 is 16.9 Å². The van der Waals surface area contributed by atoms with E-state index < -0.39 is 0 Å². The summed E-state index contributed by atoms with van der Waals surface area (Å²) < 4.78 is 12.7. The van der Waals surface area contributed by atoms with E-state index >= 15 is 0 Å². The van der Waals surface area contributed by atoms with Crippen molar-refractivity contribution in [1.82, 2.24) is 0 Å². The van der Waals surface area contributed by atoms with Crippen molar-refractivity contribution in [3.8, 4) is 0 Å². The van der Waals surface area contributed by atoms with Gasteiger partial charge in [-0.25, -0.2) is 0 Å². The standard InChI is InChI=1S/C8H9FS/c1-5(2)7-4-6(3)8(9)10-7/h4H,1H2,2-3H3. The highest BCUT2D eigenvalue weighted by Crippen LogP contribution is 2.24. The smallest absolute Gasteiger partial charge is 0.179 e. The van der Waals surface area contributed by atoms with Crippen LogP contribution in [0.3, 0.4) is 0 Å². The van der Waals surface area contributed by atoms with Gasteiger partial charge < -0.3 is 0 Å². The summed E-state index contributed by atoms with van der Waals surface area (Å²) in [4.78, 5) is 0.940. The molecule has 1 aromatic rings. The van der Waals surface area contributed by atoms with Crippen LogP contribution in [0.25, 0.3) is 5.57 Å². The number of halogens is 1. The van der Waals surface area contributed by atoms with E-state index in [0.717, 1.165) is 21.8 Å². The second-order valence-corrected chi connectivity index (χ2v) is 3.35. The molecular weight excluding hydrogens is 147 g/mol. The molecule has 0 bridgehead atoms. The van der Waals surface area contributed by atoms with Gasteiger partial charge in [-0.05, 0) is 31.1 Å². The third kappa shape index (κ3) is 1.27. The zero-order valence-electron chi connectivity index (χ0n) is 6.07. The lowest BCUT2D eigenvalue weighted by atomic mass is 10.2. The van der Waals surface area contributed by atoms with Crippen molar-refractivity contribution in [3.63, 3.8) is 0 Å². The molecule has 0 spiro atoms. The van der Waals surface area contributed by atoms with E-state index in [1.807, 2.05) is 13.0 Å². The first-order valence-electron chi connectivity index (χ1n) is 3.03. The molecule has 1 aromatic heterocycles. The third-order valence-corrected chi connectivity index (χ3v) is 2.47. The fourth-order valence-electron chi connectivity index (χ4n) is 0.670. The number of rotatable bonds is 1. The van der Waals surface area contributed by atoms with Gasteiger partial charge in [0.1, 0.15) is 0 Å². The van der Waals surface area contributed by atoms with Gasteiger partial charge in [0.2, 0.25) is 0 Å². The zero-order valence-corrected chi connectivity index (χ0v) is 6.89. The molecule has 0 aliphatic carbocycles. The predicted molar refractivity (Wildman–Crippen MR) is 43.7 cm³/mol. The maximum atomic E-state index is 12.7. The first-order chi connectivity index (χ1) is 4.61. The molecule has 1 heterocycles. The van der Waals surface area contributed by atoms with Gasteiger partial charge in [0, 0.05) is 4.88 Å². The lowest BCUT2D eigenvalue weighted by Gasteiger charge is -1.87. The van der Waals surface area contributed by atoms with Crippen molar-refractivity contribution in [2.75, 3.05) is 0 Å². The van der Waals surface area contributed by atoms with Crippen LogP contribution in [0.5, 0.6) is 0 Å². The second-order valence-electron chi connectivity index (χ2n) is 2.35. The van der Waals surface area contributed by atoms with Crippen molar-refractivity contribution in [2.24, 2.45) is 0 Å². The fourth-order valence-corrected chi connectivity index (χ4v) is 1.49. The van der Waals surface area contributed by atoms with Crippen LogP contribution in [0.15, 0.2) is 12.6 Å². The number of aryl methyl sites for hydroxylation is 1. The summed E-state index contributed by atoms with van der Waals surface area (Å²) in [5, 5.41) is -0.0991. The van der Waals surface area contributed by atoms with Crippen LogP contribution in [-0.4, -0.2) is 0 Å². The minimum absolute atomic E-state index is 0.0991. The van der Waals surface area contributed by atoms with Gasteiger partial charge >= 0.3 is 0 Å². The Labute approximate surface area is 64.0 Å². The van der Waals surface area contributed by atoms with Crippen LogP contribution < -0.4 is 0 Å². The Morgan fingerprint density at radius 2 is 2.30 bits per heavy atom. The topological polar surface area (TPSA) is 0 Å². The van der Waals surface area contributed by atoms with Crippen molar-refractivity contribution in [1.29, 1.82) is 0 Å². The van der Waals surface area contributed by atoms with Gasteiger partial charge in [-0.2, -0.15) is 4.39 Å². The molecule has 0 aliphatic heterocycles. The molecule has 0 nitrogen and oxygen atoms in total. The fraction of sp³-hybridized carbons (Fsp3) is 0.250. The van der Waals surface area contributed by atoms with Gasteiger partial charge in [-0.3, -0.25) is 0 Å². The van der Waals surface area contributed by atoms with E-state index in [1.165, 1.54) is 0 Å². The molecule has 10 heavy (non-hydrogen) atoms. The van der Waals surface area contributed by atoms with Crippen molar-refractivity contribution in [3.05, 3.63) is 28.2 Å². The highest BCUT2D eigenvalue weighted by atomic mass is 32.1. The highest BCUT2D eigenvalue weighted by Gasteiger charge is 2.03. The average Bonchev–Trinajstić information content (AvgIpc) is 2.13. The van der Waals surface area contributed by atoms with Crippen LogP contribution in [0.2, 0.25) is 0 Å². The quantitative estimate of drug-likeness (QED) is 0.585. The number of allylic oxidation sites excluding steroid dienone is 1. The molecule has 0 N–H and O–H groups in total. The van der Waals surface area contributed by atoms with E-state index in [-0.39, 0.29) is 5.13 Å². The minimum atomic E-state index is -0.0991. The number of hydrogen-bond acceptors (Lipinski definition) is 1. The molecule has 54 valence electrons. The molecule has 0 atom stereocenters. The second kappa shape index (κ2) is 2.54. The Bertz CT molecular complexity index is 241. The third-order valence-electron chi connectivity index (χ3n) is 1.28. The number of thiophene rings is 1. The summed E-state index contributed by atoms with van der Waals surface area (Å²) in [6.45, 7) is 7.37. The first-order valence-corrected chi connectivity index (χ1v) is 3.84. The summed E-state index contributed by atoms with van der Waals surface area (Å²) in [6.07, 6.45) is 0. The molecule has 2 heteroatoms. The summed E-state index contributed by atoms with van der Waals surface area (Å²) in [5.41, 5.74) is 1.64. The minimum Gasteiger partial charge on any atom is -0.195 e. The Morgan fingerprint density at radius 1 is 1.70 bits per heavy atom. The highest BCUT2D eigenvalue weighted by molar-refractivity contribution is 7.11. The number of hydrogen-bond donors (Lipinski definition) is 0. The Balaban J connectivity index is 3.10. The van der Waals surface area contributed by atoms with Crippen LogP contribution in [0.4, 0.5) is 4.39 Å². The van der Waals surface area contributed by atoms with Crippen molar-refractivity contribution < 1.29 is 4.39 Å². The van der Waals surface area contributed by atoms with E-state index in [4.69, 9.17) is 0 Å². The molecule has 0 unspecified atom stereocenters. The van der Waals surface area contributed by atoms with Gasteiger partial charge in [-0.15, -0.1) is 11.3 Å². The summed E-state index contributed by atoms with van der Waals surface area (Å²) in [6, 6.07) is 1.82. The van der Waals surface area contributed by atoms with E-state index in [2.05, 4.69) is 6.58 Å². The van der Waals surface area contributed by atoms with E-state index in [9.17, 15) is 4.39 Å². The van der Waals surface area contributed by atoms with E-state index in [1.54, 1.807) is 6.92 Å². The molecule has 0 saturated heterocycles. The average molecular weight is 156 g/mol. The maximum Gasteiger partial charge on any atom is 0.179 e. The van der Waals surface area contributed by atoms with Gasteiger partial charge in [0.15, 0.2) is 5.13 Å².